The monoisotopic (exact) mass is 472 g/mol. The highest BCUT2D eigenvalue weighted by Crippen LogP contribution is 2.45. The fraction of sp³-hybridized carbons (Fsp3) is 0.111. The number of hydrogen-bond donors (Lipinski definition) is 0. The number of allylic oxidation sites excluding steroid dienone is 4. The first-order valence-electron chi connectivity index (χ1n) is 10.4. The molecule has 3 aromatic carbocycles. The second-order valence-electron chi connectivity index (χ2n) is 8.33. The van der Waals surface area contributed by atoms with Crippen LogP contribution >= 0.6 is 0 Å². The van der Waals surface area contributed by atoms with Crippen molar-refractivity contribution in [3.05, 3.63) is 129 Å². The van der Waals surface area contributed by atoms with Gasteiger partial charge in [0.05, 0.1) is 0 Å². The summed E-state index contributed by atoms with van der Waals surface area (Å²) in [6.07, 6.45) is 2.51. The van der Waals surface area contributed by atoms with Crippen molar-refractivity contribution in [2.45, 2.75) is 6.92 Å². The van der Waals surface area contributed by atoms with Crippen molar-refractivity contribution in [3.63, 3.8) is 0 Å². The molecule has 0 aliphatic heterocycles. The highest BCUT2D eigenvalue weighted by atomic mass is 19.2. The molecule has 5 rings (SSSR count). The number of rotatable bonds is 2. The van der Waals surface area contributed by atoms with Crippen LogP contribution in [0.1, 0.15) is 18.1 Å². The van der Waals surface area contributed by atoms with E-state index in [0.29, 0.717) is 21.6 Å². The van der Waals surface area contributed by atoms with Crippen molar-refractivity contribution >= 4 is 11.1 Å². The Morgan fingerprint density at radius 1 is 0.647 bits per heavy atom. The van der Waals surface area contributed by atoms with E-state index in [0.717, 1.165) is 24.3 Å². The van der Waals surface area contributed by atoms with Crippen LogP contribution in [0.2, 0.25) is 0 Å². The van der Waals surface area contributed by atoms with Crippen LogP contribution in [0.5, 0.6) is 0 Å². The lowest BCUT2D eigenvalue weighted by Gasteiger charge is -2.35. The maximum Gasteiger partial charge on any atom is 0.194 e. The standard InChI is InChI=1S/C27H15F7/c1-12-6-15(28)11-18-23(12)25(14-9-21(31)27(34)22(32)10-14)17-5-3-2-4-16(17)24(18)13-7-19(29)26(33)20(30)8-13/h2-12,23H,1H3. The van der Waals surface area contributed by atoms with E-state index >= 15 is 0 Å². The lowest BCUT2D eigenvalue weighted by atomic mass is 9.68. The first-order chi connectivity index (χ1) is 16.2. The van der Waals surface area contributed by atoms with Crippen LogP contribution < -0.4 is 10.4 Å². The Morgan fingerprint density at radius 2 is 1.15 bits per heavy atom. The molecular weight excluding hydrogens is 457 g/mol. The van der Waals surface area contributed by atoms with Gasteiger partial charge >= 0.3 is 0 Å². The summed E-state index contributed by atoms with van der Waals surface area (Å²) in [5.41, 5.74) is 1.01. The molecule has 0 radical (unpaired) electrons. The van der Waals surface area contributed by atoms with Crippen LogP contribution in [-0.4, -0.2) is 0 Å². The van der Waals surface area contributed by atoms with E-state index in [1.165, 1.54) is 12.2 Å². The van der Waals surface area contributed by atoms with Crippen LogP contribution in [0.3, 0.4) is 0 Å². The first-order valence-corrected chi connectivity index (χ1v) is 10.4. The molecule has 0 N–H and O–H groups in total. The summed E-state index contributed by atoms with van der Waals surface area (Å²) >= 11 is 0. The smallest absolute Gasteiger partial charge is 0.194 e. The van der Waals surface area contributed by atoms with Gasteiger partial charge in [-0.3, -0.25) is 0 Å². The number of halogens is 7. The molecule has 2 atom stereocenters. The quantitative estimate of drug-likeness (QED) is 0.318. The van der Waals surface area contributed by atoms with Gasteiger partial charge < -0.3 is 0 Å². The fourth-order valence-electron chi connectivity index (χ4n) is 4.89. The van der Waals surface area contributed by atoms with Gasteiger partial charge in [-0.25, -0.2) is 30.7 Å². The largest absolute Gasteiger partial charge is 0.207 e. The van der Waals surface area contributed by atoms with Crippen molar-refractivity contribution < 1.29 is 30.7 Å². The molecule has 0 saturated heterocycles. The van der Waals surface area contributed by atoms with Gasteiger partial charge in [0.1, 0.15) is 5.83 Å². The Labute approximate surface area is 189 Å². The number of fused-ring (bicyclic) bond motifs is 2. The molecule has 0 amide bonds. The lowest BCUT2D eigenvalue weighted by Crippen LogP contribution is -2.39. The summed E-state index contributed by atoms with van der Waals surface area (Å²) in [6.45, 7) is 1.69. The third-order valence-electron chi connectivity index (χ3n) is 6.23. The zero-order valence-electron chi connectivity index (χ0n) is 17.6. The second kappa shape index (κ2) is 8.01. The summed E-state index contributed by atoms with van der Waals surface area (Å²) in [5.74, 6) is -10.7. The molecule has 0 saturated carbocycles. The molecule has 0 spiro atoms. The van der Waals surface area contributed by atoms with Gasteiger partial charge in [0.15, 0.2) is 34.9 Å². The SMILES string of the molecule is CC1C=C(F)C=C2C(c3cc(F)c(F)c(F)c3)=c3ccccc3=C(c3cc(F)c(F)c(F)c3)C21. The van der Waals surface area contributed by atoms with Crippen LogP contribution in [-0.2, 0) is 0 Å². The zero-order valence-corrected chi connectivity index (χ0v) is 17.6. The average Bonchev–Trinajstić information content (AvgIpc) is 2.78. The minimum absolute atomic E-state index is 0.0162. The Kier molecular flexibility index (Phi) is 5.23. The van der Waals surface area contributed by atoms with E-state index in [1.807, 2.05) is 0 Å². The maximum absolute atomic E-state index is 14.6. The predicted octanol–water partition coefficient (Wildman–Crippen LogP) is 5.98. The van der Waals surface area contributed by atoms with Gasteiger partial charge in [-0.2, -0.15) is 0 Å². The normalized spacial score (nSPS) is 19.4. The van der Waals surface area contributed by atoms with Gasteiger partial charge in [0.2, 0.25) is 0 Å². The van der Waals surface area contributed by atoms with Crippen LogP contribution in [0.25, 0.3) is 11.1 Å². The van der Waals surface area contributed by atoms with E-state index in [2.05, 4.69) is 0 Å². The second-order valence-corrected chi connectivity index (χ2v) is 8.33. The molecule has 0 heterocycles. The summed E-state index contributed by atoms with van der Waals surface area (Å²) in [7, 11) is 0. The fourth-order valence-corrected chi connectivity index (χ4v) is 4.89. The van der Waals surface area contributed by atoms with Crippen molar-refractivity contribution in [1.82, 2.24) is 0 Å². The van der Waals surface area contributed by atoms with Gasteiger partial charge in [-0.05, 0) is 80.6 Å². The van der Waals surface area contributed by atoms with Gasteiger partial charge in [-0.15, -0.1) is 0 Å². The maximum atomic E-state index is 14.6. The predicted molar refractivity (Wildman–Crippen MR) is 113 cm³/mol. The highest BCUT2D eigenvalue weighted by molar-refractivity contribution is 5.89. The van der Waals surface area contributed by atoms with E-state index in [-0.39, 0.29) is 16.7 Å². The van der Waals surface area contributed by atoms with Crippen molar-refractivity contribution in [2.75, 3.05) is 0 Å². The minimum atomic E-state index is -1.63. The molecule has 2 aliphatic rings. The van der Waals surface area contributed by atoms with Crippen LogP contribution in [0, 0.1) is 46.7 Å². The Bertz CT molecular complexity index is 1500. The molecule has 3 aromatic rings. The molecule has 7 heteroatoms. The van der Waals surface area contributed by atoms with Crippen molar-refractivity contribution in [2.24, 2.45) is 11.8 Å². The molecule has 172 valence electrons. The van der Waals surface area contributed by atoms with Gasteiger partial charge in [0.25, 0.3) is 0 Å². The van der Waals surface area contributed by atoms with Crippen molar-refractivity contribution in [3.8, 4) is 0 Å². The number of benzene rings is 3. The molecule has 34 heavy (non-hydrogen) atoms. The molecular formula is C27H15F7. The molecule has 0 nitrogen and oxygen atoms in total. The zero-order chi connectivity index (χ0) is 24.3. The average molecular weight is 472 g/mol. The van der Waals surface area contributed by atoms with Gasteiger partial charge in [0, 0.05) is 5.92 Å². The summed E-state index contributed by atoms with van der Waals surface area (Å²) in [6, 6.07) is 9.94. The first kappa shape index (κ1) is 22.2. The third-order valence-corrected chi connectivity index (χ3v) is 6.23. The molecule has 2 aliphatic carbocycles. The lowest BCUT2D eigenvalue weighted by molar-refractivity contribution is 0.446. The van der Waals surface area contributed by atoms with Gasteiger partial charge in [-0.1, -0.05) is 31.2 Å². The topological polar surface area (TPSA) is 0 Å². The Balaban J connectivity index is 1.97. The number of hydrogen-bond acceptors (Lipinski definition) is 0. The van der Waals surface area contributed by atoms with E-state index in [4.69, 9.17) is 0 Å². The highest BCUT2D eigenvalue weighted by Gasteiger charge is 2.35. The van der Waals surface area contributed by atoms with Crippen molar-refractivity contribution in [1.29, 1.82) is 0 Å². The van der Waals surface area contributed by atoms with Crippen LogP contribution in [0.15, 0.2) is 72.1 Å². The summed E-state index contributed by atoms with van der Waals surface area (Å²) in [4.78, 5) is 0. The molecule has 0 fully saturated rings. The minimum Gasteiger partial charge on any atom is -0.207 e. The summed E-state index contributed by atoms with van der Waals surface area (Å²) < 4.78 is 98.6. The molecule has 0 aromatic heterocycles. The van der Waals surface area contributed by atoms with E-state index in [9.17, 15) is 30.7 Å². The van der Waals surface area contributed by atoms with Crippen LogP contribution in [0.4, 0.5) is 30.7 Å². The molecule has 0 bridgehead atoms. The summed E-state index contributed by atoms with van der Waals surface area (Å²) in [5, 5.41) is 0.871. The third kappa shape index (κ3) is 3.38. The Morgan fingerprint density at radius 3 is 1.71 bits per heavy atom. The van der Waals surface area contributed by atoms with E-state index in [1.54, 1.807) is 31.2 Å². The van der Waals surface area contributed by atoms with E-state index < -0.39 is 52.6 Å². The Hall–Kier alpha value is -3.61. The molecule has 2 unspecified atom stereocenters.